The van der Waals surface area contributed by atoms with E-state index in [9.17, 15) is 9.90 Å². The highest BCUT2D eigenvalue weighted by molar-refractivity contribution is 5.88. The molecule has 0 bridgehead atoms. The van der Waals surface area contributed by atoms with Gasteiger partial charge >= 0.3 is 0 Å². The number of amides is 1. The van der Waals surface area contributed by atoms with Crippen LogP contribution in [-0.4, -0.2) is 24.7 Å². The largest absolute Gasteiger partial charge is 0.504 e. The van der Waals surface area contributed by atoms with E-state index in [-0.39, 0.29) is 12.4 Å². The molecule has 0 radical (unpaired) electrons. The molecule has 3 N–H and O–H groups in total. The summed E-state index contributed by atoms with van der Waals surface area (Å²) >= 11 is 0. The van der Waals surface area contributed by atoms with Gasteiger partial charge in [0.2, 0.25) is 0 Å². The summed E-state index contributed by atoms with van der Waals surface area (Å²) in [6.07, 6.45) is 0. The van der Waals surface area contributed by atoms with E-state index in [0.29, 0.717) is 11.5 Å². The Morgan fingerprint density at radius 3 is 2.46 bits per heavy atom. The summed E-state index contributed by atoms with van der Waals surface area (Å²) in [5, 5.41) is 11.7. The van der Waals surface area contributed by atoms with Crippen LogP contribution < -0.4 is 15.2 Å². The standard InChI is InChI=1S/C19H17NO4/c1-23-18-10-14(5-7-17(18)21)13-3-2-12-4-6-16(9-15(12)8-13)24-11-19(20)22/h2-10,21H,11H2,1H3,(H2,20,22). The number of primary amides is 1. The number of carbonyl (C=O) groups excluding carboxylic acids is 1. The van der Waals surface area contributed by atoms with Crippen LogP contribution in [0.15, 0.2) is 54.6 Å². The average molecular weight is 323 g/mol. The number of phenols is 1. The molecule has 5 heteroatoms. The predicted molar refractivity (Wildman–Crippen MR) is 92.3 cm³/mol. The van der Waals surface area contributed by atoms with Crippen molar-refractivity contribution in [3.05, 3.63) is 54.6 Å². The zero-order valence-corrected chi connectivity index (χ0v) is 13.2. The zero-order valence-electron chi connectivity index (χ0n) is 13.2. The third-order valence-electron chi connectivity index (χ3n) is 3.71. The fraction of sp³-hybridized carbons (Fsp3) is 0.105. The topological polar surface area (TPSA) is 81.8 Å². The Labute approximate surface area is 139 Å². The molecule has 0 fully saturated rings. The summed E-state index contributed by atoms with van der Waals surface area (Å²) in [5.74, 6) is 0.595. The third kappa shape index (κ3) is 3.25. The minimum absolute atomic E-state index is 0.101. The maximum absolute atomic E-state index is 10.8. The van der Waals surface area contributed by atoms with Crippen molar-refractivity contribution in [2.75, 3.05) is 13.7 Å². The van der Waals surface area contributed by atoms with Crippen molar-refractivity contribution >= 4 is 16.7 Å². The molecule has 122 valence electrons. The van der Waals surface area contributed by atoms with Gasteiger partial charge in [-0.2, -0.15) is 0 Å². The first-order valence-corrected chi connectivity index (χ1v) is 7.39. The quantitative estimate of drug-likeness (QED) is 0.756. The van der Waals surface area contributed by atoms with Crippen LogP contribution in [0.3, 0.4) is 0 Å². The van der Waals surface area contributed by atoms with Crippen LogP contribution in [0.4, 0.5) is 0 Å². The number of aromatic hydroxyl groups is 1. The molecule has 0 saturated heterocycles. The van der Waals surface area contributed by atoms with Crippen molar-refractivity contribution < 1.29 is 19.4 Å². The molecule has 0 saturated carbocycles. The average Bonchev–Trinajstić information content (AvgIpc) is 2.59. The molecule has 0 aliphatic rings. The maximum Gasteiger partial charge on any atom is 0.255 e. The van der Waals surface area contributed by atoms with Gasteiger partial charge in [0.05, 0.1) is 7.11 Å². The maximum atomic E-state index is 10.8. The van der Waals surface area contributed by atoms with Crippen molar-refractivity contribution in [2.24, 2.45) is 5.73 Å². The molecule has 0 spiro atoms. The lowest BCUT2D eigenvalue weighted by Crippen LogP contribution is -2.19. The highest BCUT2D eigenvalue weighted by atomic mass is 16.5. The number of fused-ring (bicyclic) bond motifs is 1. The second-order valence-electron chi connectivity index (χ2n) is 5.37. The molecule has 0 unspecified atom stereocenters. The second-order valence-corrected chi connectivity index (χ2v) is 5.37. The SMILES string of the molecule is COc1cc(-c2ccc3ccc(OCC(N)=O)cc3c2)ccc1O. The van der Waals surface area contributed by atoms with E-state index < -0.39 is 5.91 Å². The van der Waals surface area contributed by atoms with Gasteiger partial charge < -0.3 is 20.3 Å². The molecule has 3 rings (SSSR count). The number of ether oxygens (including phenoxy) is 2. The fourth-order valence-corrected chi connectivity index (χ4v) is 2.51. The molecule has 0 heterocycles. The predicted octanol–water partition coefficient (Wildman–Crippen LogP) is 3.09. The van der Waals surface area contributed by atoms with Gasteiger partial charge in [0.1, 0.15) is 5.75 Å². The zero-order chi connectivity index (χ0) is 17.1. The van der Waals surface area contributed by atoms with E-state index in [0.717, 1.165) is 21.9 Å². The molecule has 0 aromatic heterocycles. The Hall–Kier alpha value is -3.21. The van der Waals surface area contributed by atoms with Gasteiger partial charge in [0, 0.05) is 0 Å². The van der Waals surface area contributed by atoms with E-state index >= 15 is 0 Å². The number of carbonyl (C=O) groups is 1. The van der Waals surface area contributed by atoms with Crippen LogP contribution in [-0.2, 0) is 4.79 Å². The number of rotatable bonds is 5. The Morgan fingerprint density at radius 2 is 1.71 bits per heavy atom. The van der Waals surface area contributed by atoms with E-state index in [1.54, 1.807) is 18.2 Å². The number of hydrogen-bond acceptors (Lipinski definition) is 4. The third-order valence-corrected chi connectivity index (χ3v) is 3.71. The molecule has 3 aromatic rings. The lowest BCUT2D eigenvalue weighted by Gasteiger charge is -2.09. The normalized spacial score (nSPS) is 10.5. The molecule has 3 aromatic carbocycles. The van der Waals surface area contributed by atoms with Crippen molar-refractivity contribution in [1.82, 2.24) is 0 Å². The molecule has 0 atom stereocenters. The minimum atomic E-state index is -0.514. The van der Waals surface area contributed by atoms with Crippen LogP contribution in [0.25, 0.3) is 21.9 Å². The first-order valence-electron chi connectivity index (χ1n) is 7.39. The van der Waals surface area contributed by atoms with E-state index in [4.69, 9.17) is 15.2 Å². The molecule has 5 nitrogen and oxygen atoms in total. The van der Waals surface area contributed by atoms with Crippen LogP contribution >= 0.6 is 0 Å². The van der Waals surface area contributed by atoms with Gasteiger partial charge in [-0.05, 0) is 52.2 Å². The van der Waals surface area contributed by atoms with Crippen molar-refractivity contribution in [3.63, 3.8) is 0 Å². The van der Waals surface area contributed by atoms with Crippen LogP contribution in [0, 0.1) is 0 Å². The van der Waals surface area contributed by atoms with Gasteiger partial charge in [-0.25, -0.2) is 0 Å². The van der Waals surface area contributed by atoms with Crippen LogP contribution in [0.5, 0.6) is 17.2 Å². The van der Waals surface area contributed by atoms with Crippen molar-refractivity contribution in [1.29, 1.82) is 0 Å². The van der Waals surface area contributed by atoms with E-state index in [2.05, 4.69) is 0 Å². The summed E-state index contributed by atoms with van der Waals surface area (Å²) in [5.41, 5.74) is 7.00. The Bertz CT molecular complexity index is 905. The van der Waals surface area contributed by atoms with Gasteiger partial charge in [0.15, 0.2) is 18.1 Å². The smallest absolute Gasteiger partial charge is 0.255 e. The van der Waals surface area contributed by atoms with Crippen LogP contribution in [0.1, 0.15) is 0 Å². The molecular weight excluding hydrogens is 306 g/mol. The van der Waals surface area contributed by atoms with Crippen molar-refractivity contribution in [3.8, 4) is 28.4 Å². The summed E-state index contributed by atoms with van der Waals surface area (Å²) < 4.78 is 10.5. The first kappa shape index (κ1) is 15.7. The lowest BCUT2D eigenvalue weighted by molar-refractivity contribution is -0.119. The monoisotopic (exact) mass is 323 g/mol. The van der Waals surface area contributed by atoms with Crippen LogP contribution in [0.2, 0.25) is 0 Å². The number of hydrogen-bond donors (Lipinski definition) is 2. The second kappa shape index (κ2) is 6.50. The van der Waals surface area contributed by atoms with E-state index in [1.165, 1.54) is 7.11 Å². The summed E-state index contributed by atoms with van der Waals surface area (Å²) in [4.78, 5) is 10.8. The number of methoxy groups -OCH3 is 1. The van der Waals surface area contributed by atoms with Gasteiger partial charge in [-0.3, -0.25) is 4.79 Å². The highest BCUT2D eigenvalue weighted by Crippen LogP contribution is 2.33. The Balaban J connectivity index is 1.98. The number of nitrogens with two attached hydrogens (primary N) is 1. The van der Waals surface area contributed by atoms with Gasteiger partial charge in [-0.15, -0.1) is 0 Å². The van der Waals surface area contributed by atoms with Gasteiger partial charge in [0.25, 0.3) is 5.91 Å². The molecule has 1 amide bonds. The summed E-state index contributed by atoms with van der Waals surface area (Å²) in [6, 6.07) is 16.8. The Morgan fingerprint density at radius 1 is 1.00 bits per heavy atom. The Kier molecular flexibility index (Phi) is 4.24. The molecule has 0 aliphatic carbocycles. The van der Waals surface area contributed by atoms with Crippen molar-refractivity contribution in [2.45, 2.75) is 0 Å². The lowest BCUT2D eigenvalue weighted by atomic mass is 10.0. The number of benzene rings is 3. The first-order chi connectivity index (χ1) is 11.6. The summed E-state index contributed by atoms with van der Waals surface area (Å²) in [6.45, 7) is -0.152. The number of phenolic OH excluding ortho intramolecular Hbond substituents is 1. The minimum Gasteiger partial charge on any atom is -0.504 e. The molecule has 24 heavy (non-hydrogen) atoms. The molecule has 0 aliphatic heterocycles. The summed E-state index contributed by atoms with van der Waals surface area (Å²) in [7, 11) is 1.52. The molecular formula is C19H17NO4. The van der Waals surface area contributed by atoms with Gasteiger partial charge in [-0.1, -0.05) is 24.3 Å². The fourth-order valence-electron chi connectivity index (χ4n) is 2.51. The van der Waals surface area contributed by atoms with E-state index in [1.807, 2.05) is 36.4 Å². The highest BCUT2D eigenvalue weighted by Gasteiger charge is 2.06.